The first kappa shape index (κ1) is 19.7. The van der Waals surface area contributed by atoms with Gasteiger partial charge in [0.2, 0.25) is 0 Å². The Morgan fingerprint density at radius 1 is 1.21 bits per heavy atom. The van der Waals surface area contributed by atoms with E-state index in [1.807, 2.05) is 0 Å². The number of hydrogen-bond acceptors (Lipinski definition) is 4. The summed E-state index contributed by atoms with van der Waals surface area (Å²) in [4.78, 5) is 12.0. The summed E-state index contributed by atoms with van der Waals surface area (Å²) >= 11 is 0. The summed E-state index contributed by atoms with van der Waals surface area (Å²) in [7, 11) is 1.45. The molecule has 0 atom stereocenters. The summed E-state index contributed by atoms with van der Waals surface area (Å²) in [5.74, 6) is -1.14. The summed E-state index contributed by atoms with van der Waals surface area (Å²) < 4.78 is 58.9. The first-order valence-electron chi connectivity index (χ1n) is 8.32. The van der Waals surface area contributed by atoms with Crippen LogP contribution >= 0.6 is 0 Å². The Balaban J connectivity index is 1.87. The van der Waals surface area contributed by atoms with E-state index in [1.54, 1.807) is 6.07 Å². The summed E-state index contributed by atoms with van der Waals surface area (Å²) in [5.41, 5.74) is -0.452. The zero-order chi connectivity index (χ0) is 20.3. The summed E-state index contributed by atoms with van der Waals surface area (Å²) in [6.07, 6.45) is -3.39. The first-order chi connectivity index (χ1) is 13.3. The number of alkyl halides is 3. The van der Waals surface area contributed by atoms with Crippen LogP contribution < -0.4 is 16.0 Å². The topological polar surface area (TPSA) is 62.4 Å². The maximum Gasteiger partial charge on any atom is 0.418 e. The van der Waals surface area contributed by atoms with Crippen LogP contribution in [0.4, 0.5) is 34.6 Å². The van der Waals surface area contributed by atoms with E-state index >= 15 is 0 Å². The van der Waals surface area contributed by atoms with Gasteiger partial charge in [-0.2, -0.15) is 13.2 Å². The molecule has 0 aliphatic carbocycles. The Morgan fingerprint density at radius 2 is 2.00 bits per heavy atom. The Kier molecular flexibility index (Phi) is 5.55. The van der Waals surface area contributed by atoms with Crippen molar-refractivity contribution in [1.82, 2.24) is 0 Å². The minimum atomic E-state index is -4.58. The number of amides is 1. The highest BCUT2D eigenvalue weighted by Gasteiger charge is 2.34. The van der Waals surface area contributed by atoms with Crippen molar-refractivity contribution in [1.29, 1.82) is 0 Å². The van der Waals surface area contributed by atoms with E-state index in [0.29, 0.717) is 5.69 Å². The molecule has 148 valence electrons. The molecule has 0 bridgehead atoms. The number of methoxy groups -OCH3 is 1. The molecule has 0 aromatic heterocycles. The number of nitrogens with one attached hydrogen (secondary N) is 3. The SMILES string of the molecule is COCCNc1ccc(NC=C2C(=O)Nc3cccc(F)c32)cc1C(F)(F)F. The number of fused-ring (bicyclic) bond motifs is 1. The number of benzene rings is 2. The van der Waals surface area contributed by atoms with Gasteiger partial charge in [-0.25, -0.2) is 4.39 Å². The highest BCUT2D eigenvalue weighted by molar-refractivity contribution is 6.31. The van der Waals surface area contributed by atoms with E-state index in [0.717, 1.165) is 6.07 Å². The average molecular weight is 395 g/mol. The Morgan fingerprint density at radius 3 is 2.71 bits per heavy atom. The van der Waals surface area contributed by atoms with Crippen LogP contribution in [-0.4, -0.2) is 26.2 Å². The van der Waals surface area contributed by atoms with Crippen LogP contribution in [0.5, 0.6) is 0 Å². The van der Waals surface area contributed by atoms with Crippen LogP contribution in [0.15, 0.2) is 42.6 Å². The van der Waals surface area contributed by atoms with Gasteiger partial charge in [-0.05, 0) is 30.3 Å². The van der Waals surface area contributed by atoms with E-state index in [4.69, 9.17) is 4.74 Å². The second-order valence-corrected chi connectivity index (χ2v) is 6.00. The highest BCUT2D eigenvalue weighted by Crippen LogP contribution is 2.37. The third-order valence-corrected chi connectivity index (χ3v) is 4.11. The van der Waals surface area contributed by atoms with E-state index in [-0.39, 0.29) is 35.7 Å². The number of ether oxygens (including phenoxy) is 1. The van der Waals surface area contributed by atoms with Crippen molar-refractivity contribution in [3.63, 3.8) is 0 Å². The van der Waals surface area contributed by atoms with Gasteiger partial charge in [0.15, 0.2) is 0 Å². The van der Waals surface area contributed by atoms with E-state index < -0.39 is 23.5 Å². The molecule has 1 heterocycles. The van der Waals surface area contributed by atoms with Crippen molar-refractivity contribution >= 4 is 28.5 Å². The van der Waals surface area contributed by atoms with Gasteiger partial charge in [0, 0.05) is 36.8 Å². The molecular formula is C19H17F4N3O2. The van der Waals surface area contributed by atoms with Crippen LogP contribution in [0.1, 0.15) is 11.1 Å². The second-order valence-electron chi connectivity index (χ2n) is 6.00. The van der Waals surface area contributed by atoms with Gasteiger partial charge < -0.3 is 20.7 Å². The molecule has 2 aromatic rings. The zero-order valence-corrected chi connectivity index (χ0v) is 14.8. The molecule has 1 aliphatic heterocycles. The normalized spacial score (nSPS) is 14.8. The lowest BCUT2D eigenvalue weighted by Gasteiger charge is -2.16. The number of anilines is 3. The number of carbonyl (C=O) groups excluding carboxylic acids is 1. The zero-order valence-electron chi connectivity index (χ0n) is 14.8. The Bertz CT molecular complexity index is 926. The molecule has 0 fully saturated rings. The van der Waals surface area contributed by atoms with E-state index in [9.17, 15) is 22.4 Å². The lowest BCUT2D eigenvalue weighted by atomic mass is 10.1. The average Bonchev–Trinajstić information content (AvgIpc) is 2.96. The van der Waals surface area contributed by atoms with Crippen LogP contribution in [0.25, 0.3) is 5.57 Å². The lowest BCUT2D eigenvalue weighted by molar-refractivity contribution is -0.136. The van der Waals surface area contributed by atoms with Gasteiger partial charge in [-0.15, -0.1) is 0 Å². The molecule has 0 radical (unpaired) electrons. The van der Waals surface area contributed by atoms with Gasteiger partial charge in [0.1, 0.15) is 5.82 Å². The minimum Gasteiger partial charge on any atom is -0.383 e. The largest absolute Gasteiger partial charge is 0.418 e. The molecule has 5 nitrogen and oxygen atoms in total. The molecular weight excluding hydrogens is 378 g/mol. The molecule has 0 saturated carbocycles. The molecule has 1 aliphatic rings. The summed E-state index contributed by atoms with van der Waals surface area (Å²) in [5, 5.41) is 7.83. The fraction of sp³-hybridized carbons (Fsp3) is 0.211. The van der Waals surface area contributed by atoms with Crippen LogP contribution in [-0.2, 0) is 15.7 Å². The van der Waals surface area contributed by atoms with Crippen molar-refractivity contribution < 1.29 is 27.1 Å². The molecule has 0 saturated heterocycles. The predicted molar refractivity (Wildman–Crippen MR) is 98.4 cm³/mol. The monoisotopic (exact) mass is 395 g/mol. The van der Waals surface area contributed by atoms with Gasteiger partial charge in [0.25, 0.3) is 5.91 Å². The van der Waals surface area contributed by atoms with E-state index in [2.05, 4.69) is 16.0 Å². The van der Waals surface area contributed by atoms with Gasteiger partial charge in [-0.3, -0.25) is 4.79 Å². The molecule has 3 N–H and O–H groups in total. The van der Waals surface area contributed by atoms with Gasteiger partial charge in [-0.1, -0.05) is 6.07 Å². The van der Waals surface area contributed by atoms with Gasteiger partial charge in [0.05, 0.1) is 23.4 Å². The molecule has 0 unspecified atom stereocenters. The maximum atomic E-state index is 14.0. The Labute approximate surface area is 158 Å². The molecule has 1 amide bonds. The van der Waals surface area contributed by atoms with Crippen molar-refractivity contribution in [3.8, 4) is 0 Å². The predicted octanol–water partition coefficient (Wildman–Crippen LogP) is 4.31. The minimum absolute atomic E-state index is 0.00366. The van der Waals surface area contributed by atoms with Crippen molar-refractivity contribution in [2.24, 2.45) is 0 Å². The third kappa shape index (κ3) is 4.09. The molecule has 3 rings (SSSR count). The molecule has 2 aromatic carbocycles. The first-order valence-corrected chi connectivity index (χ1v) is 8.32. The number of hydrogen-bond donors (Lipinski definition) is 3. The van der Waals surface area contributed by atoms with Crippen molar-refractivity contribution in [2.45, 2.75) is 6.18 Å². The maximum absolute atomic E-state index is 14.0. The summed E-state index contributed by atoms with van der Waals surface area (Å²) in [6.45, 7) is 0.468. The molecule has 9 heteroatoms. The van der Waals surface area contributed by atoms with E-state index in [1.165, 1.54) is 37.6 Å². The number of carbonyl (C=O) groups is 1. The van der Waals surface area contributed by atoms with Crippen LogP contribution in [0.3, 0.4) is 0 Å². The Hall–Kier alpha value is -3.07. The second kappa shape index (κ2) is 7.89. The smallest absolute Gasteiger partial charge is 0.383 e. The quantitative estimate of drug-likeness (QED) is 0.388. The fourth-order valence-electron chi connectivity index (χ4n) is 2.81. The van der Waals surface area contributed by atoms with Gasteiger partial charge >= 0.3 is 6.18 Å². The molecule has 28 heavy (non-hydrogen) atoms. The van der Waals surface area contributed by atoms with Crippen molar-refractivity contribution in [2.75, 3.05) is 36.2 Å². The third-order valence-electron chi connectivity index (χ3n) is 4.11. The number of halogens is 4. The van der Waals surface area contributed by atoms with Crippen LogP contribution in [0.2, 0.25) is 0 Å². The fourth-order valence-corrected chi connectivity index (χ4v) is 2.81. The van der Waals surface area contributed by atoms with Crippen molar-refractivity contribution in [3.05, 3.63) is 59.5 Å². The molecule has 0 spiro atoms. The summed E-state index contributed by atoms with van der Waals surface area (Å²) in [6, 6.07) is 7.82. The lowest BCUT2D eigenvalue weighted by Crippen LogP contribution is -2.14. The number of rotatable bonds is 6. The highest BCUT2D eigenvalue weighted by atomic mass is 19.4. The van der Waals surface area contributed by atoms with Crippen LogP contribution in [0, 0.1) is 5.82 Å². The standard InChI is InChI=1S/C19H17F4N3O2/c1-28-8-7-24-15-6-5-11(9-13(15)19(21,22)23)25-10-12-17-14(20)3-2-4-16(17)26-18(12)27/h2-6,9-10,24-25H,7-8H2,1H3,(H,26,27).